The Labute approximate surface area is 357 Å². The first-order chi connectivity index (χ1) is 28.3. The van der Waals surface area contributed by atoms with Gasteiger partial charge in [-0.3, -0.25) is 4.79 Å². The van der Waals surface area contributed by atoms with Crippen LogP contribution in [0.4, 0.5) is 0 Å². The summed E-state index contributed by atoms with van der Waals surface area (Å²) in [5.41, 5.74) is 0. The lowest BCUT2D eigenvalue weighted by Gasteiger charge is -2.40. The van der Waals surface area contributed by atoms with Crippen LogP contribution in [-0.2, 0) is 14.3 Å². The number of ether oxygens (including phenoxy) is 2. The van der Waals surface area contributed by atoms with Gasteiger partial charge in [-0.1, -0.05) is 232 Å². The molecule has 58 heavy (non-hydrogen) atoms. The predicted octanol–water partition coefficient (Wildman–Crippen LogP) is 11.1. The number of aliphatic hydroxyl groups excluding tert-OH is 5. The zero-order valence-corrected chi connectivity index (χ0v) is 38.1. The lowest BCUT2D eigenvalue weighted by molar-refractivity contribution is -0.302. The highest BCUT2D eigenvalue weighted by molar-refractivity contribution is 5.76. The molecular formula is C49H97NO8. The first-order valence-electron chi connectivity index (χ1n) is 25.2. The van der Waals surface area contributed by atoms with E-state index in [4.69, 9.17) is 9.47 Å². The van der Waals surface area contributed by atoms with E-state index in [2.05, 4.69) is 19.2 Å². The van der Waals surface area contributed by atoms with Crippen molar-refractivity contribution in [2.45, 2.75) is 294 Å². The second-order valence-corrected chi connectivity index (χ2v) is 18.0. The van der Waals surface area contributed by atoms with Gasteiger partial charge in [-0.25, -0.2) is 0 Å². The summed E-state index contributed by atoms with van der Waals surface area (Å²) in [4.78, 5) is 13.0. The van der Waals surface area contributed by atoms with Gasteiger partial charge in [0, 0.05) is 6.42 Å². The fraction of sp³-hybridized carbons (Fsp3) is 0.980. The van der Waals surface area contributed by atoms with Crippen molar-refractivity contribution in [3.05, 3.63) is 0 Å². The van der Waals surface area contributed by atoms with Crippen molar-refractivity contribution < 1.29 is 39.8 Å². The van der Waals surface area contributed by atoms with Gasteiger partial charge in [0.1, 0.15) is 24.4 Å². The van der Waals surface area contributed by atoms with Crippen LogP contribution in [0.15, 0.2) is 0 Å². The van der Waals surface area contributed by atoms with Crippen LogP contribution < -0.4 is 5.32 Å². The van der Waals surface area contributed by atoms with Crippen molar-refractivity contribution in [3.63, 3.8) is 0 Å². The summed E-state index contributed by atoms with van der Waals surface area (Å²) in [6, 6.07) is -0.710. The standard InChI is InChI=1S/C49H97NO8/c1-3-5-7-9-11-13-14-15-16-17-18-19-20-21-22-23-24-25-26-27-28-29-31-33-35-37-39-45(53)50-42(43(52)38-36-34-32-30-12-10-8-6-4-2)41-57-49-48(56)47(55)46(54)44(40-51)58-49/h42-44,46-49,51-52,54-56H,3-41H2,1-2H3,(H,50,53)/t42-,43+,44+,46-,47?,48?,49+/m0/s1. The lowest BCUT2D eigenvalue weighted by atomic mass is 9.99. The van der Waals surface area contributed by atoms with Gasteiger partial charge in [-0.05, 0) is 12.8 Å². The molecule has 0 bridgehead atoms. The summed E-state index contributed by atoms with van der Waals surface area (Å²) in [6.45, 7) is 3.83. The van der Waals surface area contributed by atoms with E-state index < -0.39 is 49.5 Å². The molecule has 2 unspecified atom stereocenters. The van der Waals surface area contributed by atoms with Crippen molar-refractivity contribution >= 4 is 5.91 Å². The molecule has 1 aliphatic heterocycles. The zero-order chi connectivity index (χ0) is 42.3. The molecule has 9 heteroatoms. The molecule has 1 saturated heterocycles. The molecule has 346 valence electrons. The molecular weight excluding hydrogens is 731 g/mol. The number of unbranched alkanes of at least 4 members (excludes halogenated alkanes) is 33. The first kappa shape index (κ1) is 55.2. The molecule has 6 N–H and O–H groups in total. The molecule has 0 aromatic rings. The molecule has 1 rings (SSSR count). The molecule has 1 amide bonds. The monoisotopic (exact) mass is 828 g/mol. The number of rotatable bonds is 43. The summed E-state index contributed by atoms with van der Waals surface area (Å²) in [5.74, 6) is -0.141. The Bertz CT molecular complexity index is 878. The van der Waals surface area contributed by atoms with Crippen LogP contribution >= 0.6 is 0 Å². The van der Waals surface area contributed by atoms with Gasteiger partial charge in [0.25, 0.3) is 0 Å². The number of hydrogen-bond donors (Lipinski definition) is 6. The van der Waals surface area contributed by atoms with Gasteiger partial charge in [-0.2, -0.15) is 0 Å². The minimum Gasteiger partial charge on any atom is -0.394 e. The summed E-state index contributed by atoms with van der Waals surface area (Å²) < 4.78 is 11.2. The number of nitrogens with one attached hydrogen (secondary N) is 1. The molecule has 0 saturated carbocycles. The highest BCUT2D eigenvalue weighted by Gasteiger charge is 2.44. The van der Waals surface area contributed by atoms with E-state index in [0.29, 0.717) is 12.8 Å². The summed E-state index contributed by atoms with van der Waals surface area (Å²) in [7, 11) is 0. The van der Waals surface area contributed by atoms with Gasteiger partial charge < -0.3 is 40.3 Å². The smallest absolute Gasteiger partial charge is 0.220 e. The van der Waals surface area contributed by atoms with E-state index >= 15 is 0 Å². The topological polar surface area (TPSA) is 149 Å². The van der Waals surface area contributed by atoms with Crippen LogP contribution in [-0.4, -0.2) is 87.5 Å². The lowest BCUT2D eigenvalue weighted by Crippen LogP contribution is -2.60. The van der Waals surface area contributed by atoms with Crippen LogP contribution in [0.5, 0.6) is 0 Å². The van der Waals surface area contributed by atoms with E-state index in [-0.39, 0.29) is 12.5 Å². The number of carbonyl (C=O) groups is 1. The number of aliphatic hydroxyl groups is 5. The Morgan fingerprint density at radius 2 is 0.862 bits per heavy atom. The van der Waals surface area contributed by atoms with Crippen LogP contribution in [0.25, 0.3) is 0 Å². The third-order valence-electron chi connectivity index (χ3n) is 12.5. The maximum Gasteiger partial charge on any atom is 0.220 e. The van der Waals surface area contributed by atoms with Gasteiger partial charge in [0.15, 0.2) is 6.29 Å². The van der Waals surface area contributed by atoms with Gasteiger partial charge >= 0.3 is 0 Å². The minimum absolute atomic E-state index is 0.132. The molecule has 0 aromatic heterocycles. The fourth-order valence-electron chi connectivity index (χ4n) is 8.40. The number of hydrogen-bond acceptors (Lipinski definition) is 8. The van der Waals surface area contributed by atoms with Crippen molar-refractivity contribution in [1.82, 2.24) is 5.32 Å². The SMILES string of the molecule is CCCCCCCCCCCCCCCCCCCCCCCCCCCCC(=O)N[C@@H](CO[C@@H]1O[C@H](CO)[C@H](O)C(O)C1O)[C@H](O)CCCCCCCCCCC. The molecule has 1 fully saturated rings. The average molecular weight is 828 g/mol. The Balaban J connectivity index is 2.13. The molecule has 0 aromatic carbocycles. The fourth-order valence-corrected chi connectivity index (χ4v) is 8.40. The third-order valence-corrected chi connectivity index (χ3v) is 12.5. The highest BCUT2D eigenvalue weighted by atomic mass is 16.7. The molecule has 1 aliphatic rings. The van der Waals surface area contributed by atoms with Gasteiger partial charge in [0.2, 0.25) is 5.91 Å². The Hall–Kier alpha value is -0.810. The normalized spacial score (nSPS) is 20.7. The van der Waals surface area contributed by atoms with E-state index in [1.165, 1.54) is 186 Å². The van der Waals surface area contributed by atoms with E-state index in [1.54, 1.807) is 0 Å². The quantitative estimate of drug-likeness (QED) is 0.0333. The molecule has 7 atom stereocenters. The second-order valence-electron chi connectivity index (χ2n) is 18.0. The van der Waals surface area contributed by atoms with Crippen LogP contribution in [0.1, 0.15) is 251 Å². The maximum absolute atomic E-state index is 13.0. The molecule has 0 aliphatic carbocycles. The largest absolute Gasteiger partial charge is 0.394 e. The molecule has 1 heterocycles. The van der Waals surface area contributed by atoms with Gasteiger partial charge in [0.05, 0.1) is 25.4 Å². The number of carbonyl (C=O) groups excluding carboxylic acids is 1. The first-order valence-corrected chi connectivity index (χ1v) is 25.2. The molecule has 9 nitrogen and oxygen atoms in total. The molecule has 0 spiro atoms. The highest BCUT2D eigenvalue weighted by Crippen LogP contribution is 2.23. The van der Waals surface area contributed by atoms with E-state index in [9.17, 15) is 30.3 Å². The zero-order valence-electron chi connectivity index (χ0n) is 38.1. The van der Waals surface area contributed by atoms with Gasteiger partial charge in [-0.15, -0.1) is 0 Å². The summed E-state index contributed by atoms with van der Waals surface area (Å²) in [5, 5.41) is 54.2. The predicted molar refractivity (Wildman–Crippen MR) is 240 cm³/mol. The number of amides is 1. The third kappa shape index (κ3) is 30.3. The van der Waals surface area contributed by atoms with Crippen molar-refractivity contribution in [2.24, 2.45) is 0 Å². The minimum atomic E-state index is -1.55. The maximum atomic E-state index is 13.0. The molecule has 0 radical (unpaired) electrons. The Kier molecular flexibility index (Phi) is 38.3. The van der Waals surface area contributed by atoms with Crippen molar-refractivity contribution in [2.75, 3.05) is 13.2 Å². The van der Waals surface area contributed by atoms with E-state index in [1.807, 2.05) is 0 Å². The van der Waals surface area contributed by atoms with Crippen LogP contribution in [0.3, 0.4) is 0 Å². The van der Waals surface area contributed by atoms with Crippen molar-refractivity contribution in [1.29, 1.82) is 0 Å². The van der Waals surface area contributed by atoms with Crippen LogP contribution in [0, 0.1) is 0 Å². The van der Waals surface area contributed by atoms with E-state index in [0.717, 1.165) is 38.5 Å². The summed E-state index contributed by atoms with van der Waals surface area (Å²) >= 11 is 0. The van der Waals surface area contributed by atoms with Crippen molar-refractivity contribution in [3.8, 4) is 0 Å². The second kappa shape index (κ2) is 40.3. The van der Waals surface area contributed by atoms with Crippen LogP contribution in [0.2, 0.25) is 0 Å². The Morgan fingerprint density at radius 3 is 1.22 bits per heavy atom. The Morgan fingerprint density at radius 1 is 0.517 bits per heavy atom. The average Bonchev–Trinajstić information content (AvgIpc) is 3.22. The summed E-state index contributed by atoms with van der Waals surface area (Å²) in [6.07, 6.45) is 38.6.